The Labute approximate surface area is 134 Å². The minimum Gasteiger partial charge on any atom is -0.321 e. The highest BCUT2D eigenvalue weighted by molar-refractivity contribution is 6.09. The Morgan fingerprint density at radius 3 is 2.30 bits per heavy atom. The highest BCUT2D eigenvalue weighted by Gasteiger charge is 2.25. The molecule has 1 fully saturated rings. The van der Waals surface area contributed by atoms with Gasteiger partial charge in [-0.3, -0.25) is 4.79 Å². The van der Waals surface area contributed by atoms with Gasteiger partial charge in [0.05, 0.1) is 0 Å². The number of nitrogens with one attached hydrogen (secondary N) is 1. The third-order valence-electron chi connectivity index (χ3n) is 4.33. The summed E-state index contributed by atoms with van der Waals surface area (Å²) in [6.07, 6.45) is 2.48. The lowest BCUT2D eigenvalue weighted by molar-refractivity contribution is 0.102. The summed E-state index contributed by atoms with van der Waals surface area (Å²) in [4.78, 5) is 12.4. The van der Waals surface area contributed by atoms with Gasteiger partial charge in [0, 0.05) is 16.6 Å². The summed E-state index contributed by atoms with van der Waals surface area (Å²) in [7, 11) is 0. The summed E-state index contributed by atoms with van der Waals surface area (Å²) in [5, 5.41) is 5.20. The van der Waals surface area contributed by atoms with E-state index >= 15 is 0 Å². The van der Waals surface area contributed by atoms with E-state index in [4.69, 9.17) is 0 Å². The summed E-state index contributed by atoms with van der Waals surface area (Å²) in [5.41, 5.74) is 2.60. The molecule has 0 atom stereocenters. The fourth-order valence-electron chi connectivity index (χ4n) is 2.98. The maximum atomic E-state index is 13.0. The number of rotatable bonds is 3. The van der Waals surface area contributed by atoms with Crippen molar-refractivity contribution in [3.8, 4) is 0 Å². The van der Waals surface area contributed by atoms with Gasteiger partial charge in [-0.15, -0.1) is 0 Å². The molecule has 0 aliphatic heterocycles. The van der Waals surface area contributed by atoms with Crippen molar-refractivity contribution < 1.29 is 9.18 Å². The predicted molar refractivity (Wildman–Crippen MR) is 90.3 cm³/mol. The van der Waals surface area contributed by atoms with Crippen molar-refractivity contribution >= 4 is 22.4 Å². The number of hydrogen-bond donors (Lipinski definition) is 1. The zero-order chi connectivity index (χ0) is 15.8. The largest absolute Gasteiger partial charge is 0.321 e. The van der Waals surface area contributed by atoms with E-state index in [0.717, 1.165) is 11.1 Å². The molecule has 0 bridgehead atoms. The number of carbonyl (C=O) groups is 1. The van der Waals surface area contributed by atoms with E-state index in [-0.39, 0.29) is 11.7 Å². The molecule has 0 unspecified atom stereocenters. The number of hydrogen-bond acceptors (Lipinski definition) is 1. The first-order valence-corrected chi connectivity index (χ1v) is 7.81. The van der Waals surface area contributed by atoms with Gasteiger partial charge in [-0.05, 0) is 60.0 Å². The lowest BCUT2D eigenvalue weighted by atomic mass is 9.99. The van der Waals surface area contributed by atoms with Gasteiger partial charge in [0.1, 0.15) is 5.82 Å². The number of amides is 1. The lowest BCUT2D eigenvalue weighted by Crippen LogP contribution is -2.12. The predicted octanol–water partition coefficient (Wildman–Crippen LogP) is 5.11. The van der Waals surface area contributed by atoms with Crippen molar-refractivity contribution in [3.05, 3.63) is 77.6 Å². The van der Waals surface area contributed by atoms with Crippen molar-refractivity contribution in [2.45, 2.75) is 18.8 Å². The lowest BCUT2D eigenvalue weighted by Gasteiger charge is -2.12. The van der Waals surface area contributed by atoms with Crippen LogP contribution in [-0.4, -0.2) is 5.91 Å². The van der Waals surface area contributed by atoms with E-state index < -0.39 is 0 Å². The van der Waals surface area contributed by atoms with E-state index in [0.29, 0.717) is 11.5 Å². The van der Waals surface area contributed by atoms with Crippen LogP contribution in [0.25, 0.3) is 10.8 Å². The highest BCUT2D eigenvalue weighted by atomic mass is 19.1. The van der Waals surface area contributed by atoms with Gasteiger partial charge in [-0.2, -0.15) is 0 Å². The van der Waals surface area contributed by atoms with Gasteiger partial charge in [0.2, 0.25) is 0 Å². The summed E-state index contributed by atoms with van der Waals surface area (Å²) in [5.74, 6) is 0.0804. The number of anilines is 1. The minimum atomic E-state index is -0.346. The van der Waals surface area contributed by atoms with E-state index in [9.17, 15) is 9.18 Å². The molecular weight excluding hydrogens is 289 g/mol. The molecule has 1 saturated carbocycles. The number of carbonyl (C=O) groups excluding carboxylic acids is 1. The number of benzene rings is 3. The van der Waals surface area contributed by atoms with Gasteiger partial charge in [-0.1, -0.05) is 30.3 Å². The molecular formula is C20H16FNO. The average Bonchev–Trinajstić information content (AvgIpc) is 3.40. The van der Waals surface area contributed by atoms with Crippen molar-refractivity contribution in [3.63, 3.8) is 0 Å². The zero-order valence-corrected chi connectivity index (χ0v) is 12.6. The number of fused-ring (bicyclic) bond motifs is 1. The van der Waals surface area contributed by atoms with Crippen molar-refractivity contribution in [2.24, 2.45) is 0 Å². The normalized spacial score (nSPS) is 14.0. The van der Waals surface area contributed by atoms with E-state index in [1.165, 1.54) is 48.1 Å². The van der Waals surface area contributed by atoms with Gasteiger partial charge in [0.15, 0.2) is 0 Å². The van der Waals surface area contributed by atoms with Crippen LogP contribution < -0.4 is 5.32 Å². The SMILES string of the molecule is O=C(Nc1ccc(C2CC2)c2ccccc12)c1ccc(F)cc1. The van der Waals surface area contributed by atoms with Crippen LogP contribution in [0.4, 0.5) is 10.1 Å². The topological polar surface area (TPSA) is 29.1 Å². The molecule has 2 nitrogen and oxygen atoms in total. The Morgan fingerprint density at radius 2 is 1.61 bits per heavy atom. The minimum absolute atomic E-state index is 0.227. The van der Waals surface area contributed by atoms with Crippen LogP contribution in [0.2, 0.25) is 0 Å². The van der Waals surface area contributed by atoms with E-state index in [1.807, 2.05) is 24.3 Å². The molecule has 0 spiro atoms. The Morgan fingerprint density at radius 1 is 0.913 bits per heavy atom. The maximum Gasteiger partial charge on any atom is 0.255 e. The Bertz CT molecular complexity index is 882. The van der Waals surface area contributed by atoms with Gasteiger partial charge in [-0.25, -0.2) is 4.39 Å². The van der Waals surface area contributed by atoms with Crippen LogP contribution in [-0.2, 0) is 0 Å². The Balaban J connectivity index is 1.70. The maximum absolute atomic E-state index is 13.0. The van der Waals surface area contributed by atoms with E-state index in [2.05, 4.69) is 17.4 Å². The monoisotopic (exact) mass is 305 g/mol. The second-order valence-electron chi connectivity index (χ2n) is 5.98. The quantitative estimate of drug-likeness (QED) is 0.716. The summed E-state index contributed by atoms with van der Waals surface area (Å²) in [6.45, 7) is 0. The molecule has 1 amide bonds. The van der Waals surface area contributed by atoms with Crippen molar-refractivity contribution in [1.82, 2.24) is 0 Å². The Hall–Kier alpha value is -2.68. The average molecular weight is 305 g/mol. The van der Waals surface area contributed by atoms with Crippen molar-refractivity contribution in [2.75, 3.05) is 5.32 Å². The second-order valence-corrected chi connectivity index (χ2v) is 5.98. The van der Waals surface area contributed by atoms with Crippen LogP contribution >= 0.6 is 0 Å². The summed E-state index contributed by atoms with van der Waals surface area (Å²) in [6, 6.07) is 17.8. The molecule has 4 rings (SSSR count). The third kappa shape index (κ3) is 2.70. The Kier molecular flexibility index (Phi) is 3.34. The molecule has 1 aliphatic rings. The molecule has 1 N–H and O–H groups in total. The fourth-order valence-corrected chi connectivity index (χ4v) is 2.98. The van der Waals surface area contributed by atoms with Crippen LogP contribution in [0.15, 0.2) is 60.7 Å². The fraction of sp³-hybridized carbons (Fsp3) is 0.150. The summed E-state index contributed by atoms with van der Waals surface area (Å²) >= 11 is 0. The van der Waals surface area contributed by atoms with E-state index in [1.54, 1.807) is 0 Å². The first kappa shape index (κ1) is 13.9. The van der Waals surface area contributed by atoms with Crippen LogP contribution in [0.5, 0.6) is 0 Å². The molecule has 0 heterocycles. The van der Waals surface area contributed by atoms with Crippen LogP contribution in [0.3, 0.4) is 0 Å². The molecule has 0 saturated heterocycles. The summed E-state index contributed by atoms with van der Waals surface area (Å²) < 4.78 is 13.0. The standard InChI is InChI=1S/C20H16FNO/c21-15-9-7-14(8-10-15)20(23)22-19-12-11-16(13-5-6-13)17-3-1-2-4-18(17)19/h1-4,7-13H,5-6H2,(H,22,23). The molecule has 1 aliphatic carbocycles. The van der Waals surface area contributed by atoms with Crippen LogP contribution in [0.1, 0.15) is 34.7 Å². The molecule has 3 heteroatoms. The molecule has 0 aromatic heterocycles. The zero-order valence-electron chi connectivity index (χ0n) is 12.6. The second kappa shape index (κ2) is 5.51. The molecule has 23 heavy (non-hydrogen) atoms. The third-order valence-corrected chi connectivity index (χ3v) is 4.33. The van der Waals surface area contributed by atoms with Gasteiger partial charge < -0.3 is 5.32 Å². The molecule has 3 aromatic carbocycles. The first-order valence-electron chi connectivity index (χ1n) is 7.81. The van der Waals surface area contributed by atoms with Crippen LogP contribution in [0, 0.1) is 5.82 Å². The smallest absolute Gasteiger partial charge is 0.255 e. The highest BCUT2D eigenvalue weighted by Crippen LogP contribution is 2.44. The van der Waals surface area contributed by atoms with Gasteiger partial charge >= 0.3 is 0 Å². The molecule has 3 aromatic rings. The molecule has 114 valence electrons. The van der Waals surface area contributed by atoms with Crippen molar-refractivity contribution in [1.29, 1.82) is 0 Å². The van der Waals surface area contributed by atoms with Gasteiger partial charge in [0.25, 0.3) is 5.91 Å². The first-order chi connectivity index (χ1) is 11.2. The molecule has 0 radical (unpaired) electrons. The number of halogens is 1.